The maximum atomic E-state index is 5.84. The first-order valence-electron chi connectivity index (χ1n) is 7.69. The van der Waals surface area contributed by atoms with Crippen LogP contribution in [0.25, 0.3) is 0 Å². The molecule has 1 N–H and O–H groups in total. The van der Waals surface area contributed by atoms with Crippen molar-refractivity contribution in [2.75, 3.05) is 26.9 Å². The van der Waals surface area contributed by atoms with Gasteiger partial charge in [-0.15, -0.1) is 0 Å². The van der Waals surface area contributed by atoms with Crippen LogP contribution in [0, 0.1) is 0 Å². The maximum Gasteiger partial charge on any atom is 0.193 e. The number of benzene rings is 1. The Morgan fingerprint density at radius 1 is 1.05 bits per heavy atom. The minimum atomic E-state index is -0.983. The van der Waals surface area contributed by atoms with Gasteiger partial charge < -0.3 is 19.1 Å². The highest BCUT2D eigenvalue weighted by Gasteiger charge is 2.24. The van der Waals surface area contributed by atoms with Crippen LogP contribution >= 0.6 is 8.38 Å². The Morgan fingerprint density at radius 3 is 2.14 bits per heavy atom. The Morgan fingerprint density at radius 2 is 1.67 bits per heavy atom. The zero-order valence-corrected chi connectivity index (χ0v) is 14.5. The maximum absolute atomic E-state index is 5.84. The predicted molar refractivity (Wildman–Crippen MR) is 88.8 cm³/mol. The molecule has 0 saturated heterocycles. The second kappa shape index (κ2) is 11.0. The lowest BCUT2D eigenvalue weighted by atomic mass is 10.2. The molecule has 1 aromatic rings. The molecule has 0 radical (unpaired) electrons. The molecule has 0 spiro atoms. The highest BCUT2D eigenvalue weighted by molar-refractivity contribution is 7.47. The third-order valence-electron chi connectivity index (χ3n) is 3.02. The van der Waals surface area contributed by atoms with Crippen LogP contribution in [-0.2, 0) is 9.05 Å². The fraction of sp³-hybridized carbons (Fsp3) is 0.625. The van der Waals surface area contributed by atoms with Crippen LogP contribution in [0.15, 0.2) is 24.3 Å². The van der Waals surface area contributed by atoms with E-state index in [-0.39, 0.29) is 5.78 Å². The second-order valence-corrected chi connectivity index (χ2v) is 6.21. The zero-order valence-electron chi connectivity index (χ0n) is 13.6. The number of methoxy groups -OCH3 is 1. The molecule has 0 aliphatic heterocycles. The molecule has 1 rings (SSSR count). The van der Waals surface area contributed by atoms with E-state index in [1.165, 1.54) is 12.0 Å². The molecule has 1 atom stereocenters. The van der Waals surface area contributed by atoms with Crippen molar-refractivity contribution in [3.63, 3.8) is 0 Å². The van der Waals surface area contributed by atoms with Gasteiger partial charge in [0.25, 0.3) is 0 Å². The van der Waals surface area contributed by atoms with Gasteiger partial charge >= 0.3 is 0 Å². The first kappa shape index (κ1) is 18.4. The third-order valence-corrected chi connectivity index (χ3v) is 4.95. The molecule has 0 aliphatic rings. The number of unbranched alkanes of at least 4 members (excludes halogenated alkanes) is 1. The topological polar surface area (TPSA) is 39.7 Å². The summed E-state index contributed by atoms with van der Waals surface area (Å²) in [6.45, 7) is 8.49. The van der Waals surface area contributed by atoms with E-state index < -0.39 is 8.38 Å². The van der Waals surface area contributed by atoms with Gasteiger partial charge in [-0.05, 0) is 44.5 Å². The van der Waals surface area contributed by atoms with Gasteiger partial charge in [0.15, 0.2) is 8.38 Å². The average Bonchev–Trinajstić information content (AvgIpc) is 2.52. The van der Waals surface area contributed by atoms with Crippen molar-refractivity contribution in [1.29, 1.82) is 0 Å². The number of rotatable bonds is 11. The van der Waals surface area contributed by atoms with Crippen molar-refractivity contribution in [3.8, 4) is 5.75 Å². The van der Waals surface area contributed by atoms with Gasteiger partial charge in [0.2, 0.25) is 0 Å². The molecular formula is C16H28NO3P. The van der Waals surface area contributed by atoms with Gasteiger partial charge in [-0.3, -0.25) is 0 Å². The Labute approximate surface area is 130 Å². The van der Waals surface area contributed by atoms with Gasteiger partial charge in [-0.25, -0.2) is 0 Å². The molecule has 0 heterocycles. The highest BCUT2D eigenvalue weighted by atomic mass is 31.2. The highest BCUT2D eigenvalue weighted by Crippen LogP contribution is 2.51. The normalized spacial score (nSPS) is 12.6. The number of ether oxygens (including phenoxy) is 1. The summed E-state index contributed by atoms with van der Waals surface area (Å²) in [5.41, 5.74) is 1.18. The summed E-state index contributed by atoms with van der Waals surface area (Å²) in [5.74, 6) is 0.959. The average molecular weight is 313 g/mol. The van der Waals surface area contributed by atoms with E-state index in [4.69, 9.17) is 13.8 Å². The Bertz CT molecular complexity index is 366. The van der Waals surface area contributed by atoms with Gasteiger partial charge in [0.05, 0.1) is 20.3 Å². The van der Waals surface area contributed by atoms with Crippen molar-refractivity contribution in [3.05, 3.63) is 29.8 Å². The van der Waals surface area contributed by atoms with Crippen LogP contribution in [-0.4, -0.2) is 26.9 Å². The Balaban J connectivity index is 2.86. The van der Waals surface area contributed by atoms with Crippen LogP contribution < -0.4 is 10.1 Å². The van der Waals surface area contributed by atoms with Crippen molar-refractivity contribution >= 4 is 8.38 Å². The van der Waals surface area contributed by atoms with Crippen LogP contribution in [0.3, 0.4) is 0 Å². The molecule has 1 aromatic carbocycles. The van der Waals surface area contributed by atoms with Crippen molar-refractivity contribution in [2.45, 2.75) is 39.4 Å². The molecule has 0 aliphatic carbocycles. The van der Waals surface area contributed by atoms with E-state index in [0.717, 1.165) is 18.7 Å². The minimum absolute atomic E-state index is 0.0948. The van der Waals surface area contributed by atoms with Crippen LogP contribution in [0.2, 0.25) is 0 Å². The zero-order chi connectivity index (χ0) is 15.5. The molecule has 1 unspecified atom stereocenters. The van der Waals surface area contributed by atoms with Gasteiger partial charge in [-0.2, -0.15) is 0 Å². The minimum Gasteiger partial charge on any atom is -0.497 e. The van der Waals surface area contributed by atoms with Gasteiger partial charge in [0.1, 0.15) is 11.5 Å². The summed E-state index contributed by atoms with van der Waals surface area (Å²) in [6.07, 6.45) is 2.32. The summed E-state index contributed by atoms with van der Waals surface area (Å²) < 4.78 is 16.9. The third kappa shape index (κ3) is 6.31. The summed E-state index contributed by atoms with van der Waals surface area (Å²) >= 11 is 0. The van der Waals surface area contributed by atoms with Crippen molar-refractivity contribution in [1.82, 2.24) is 5.32 Å². The lowest BCUT2D eigenvalue weighted by molar-refractivity contribution is 0.257. The monoisotopic (exact) mass is 313 g/mol. The number of nitrogens with one attached hydrogen (secondary N) is 1. The fourth-order valence-electron chi connectivity index (χ4n) is 1.96. The first-order valence-corrected chi connectivity index (χ1v) is 8.93. The molecule has 0 fully saturated rings. The van der Waals surface area contributed by atoms with Crippen LogP contribution in [0.4, 0.5) is 0 Å². The smallest absolute Gasteiger partial charge is 0.193 e. The molecule has 0 bridgehead atoms. The molecule has 5 heteroatoms. The SMILES string of the molecule is CCCCNC(c1ccc(OC)cc1)P(OCC)OCC. The lowest BCUT2D eigenvalue weighted by Crippen LogP contribution is -2.22. The fourth-order valence-corrected chi connectivity index (χ4v) is 3.53. The van der Waals surface area contributed by atoms with Crippen molar-refractivity contribution < 1.29 is 13.8 Å². The number of hydrogen-bond acceptors (Lipinski definition) is 4. The standard InChI is InChI=1S/C16H28NO3P/c1-5-8-13-17-16(21(19-6-2)20-7-3)14-9-11-15(18-4)12-10-14/h9-12,16-17H,5-8,13H2,1-4H3. The molecule has 0 aromatic heterocycles. The molecular weight excluding hydrogens is 285 g/mol. The van der Waals surface area contributed by atoms with Gasteiger partial charge in [-0.1, -0.05) is 25.5 Å². The molecule has 0 saturated carbocycles. The largest absolute Gasteiger partial charge is 0.497 e. The Hall–Kier alpha value is -0.670. The van der Waals surface area contributed by atoms with E-state index in [0.29, 0.717) is 13.2 Å². The summed E-state index contributed by atoms with van der Waals surface area (Å²) in [6, 6.07) is 8.12. The van der Waals surface area contributed by atoms with Crippen molar-refractivity contribution in [2.24, 2.45) is 0 Å². The van der Waals surface area contributed by atoms with E-state index in [9.17, 15) is 0 Å². The lowest BCUT2D eigenvalue weighted by Gasteiger charge is -2.27. The molecule has 4 nitrogen and oxygen atoms in total. The quantitative estimate of drug-likeness (QED) is 0.483. The summed E-state index contributed by atoms with van der Waals surface area (Å²) in [4.78, 5) is 0. The van der Waals surface area contributed by atoms with Gasteiger partial charge in [0, 0.05) is 0 Å². The summed E-state index contributed by atoms with van der Waals surface area (Å²) in [7, 11) is 0.697. The van der Waals surface area contributed by atoms with E-state index >= 15 is 0 Å². The Kier molecular flexibility index (Phi) is 9.60. The predicted octanol–water partition coefficient (Wildman–Crippen LogP) is 4.47. The van der Waals surface area contributed by atoms with Crippen LogP contribution in [0.5, 0.6) is 5.75 Å². The van der Waals surface area contributed by atoms with Crippen LogP contribution in [0.1, 0.15) is 45.0 Å². The number of hydrogen-bond donors (Lipinski definition) is 1. The second-order valence-electron chi connectivity index (χ2n) is 4.60. The molecule has 21 heavy (non-hydrogen) atoms. The van der Waals surface area contributed by atoms with E-state index in [2.05, 4.69) is 24.4 Å². The van der Waals surface area contributed by atoms with E-state index in [1.807, 2.05) is 26.0 Å². The van der Waals surface area contributed by atoms with E-state index in [1.54, 1.807) is 7.11 Å². The molecule has 0 amide bonds. The molecule has 120 valence electrons. The first-order chi connectivity index (χ1) is 10.3. The summed E-state index contributed by atoms with van der Waals surface area (Å²) in [5, 5.41) is 3.58.